The van der Waals surface area contributed by atoms with Crippen LogP contribution in [0.25, 0.3) is 0 Å². The number of aryl methyl sites for hydroxylation is 2. The number of methoxy groups -OCH3 is 2. The van der Waals surface area contributed by atoms with Crippen LogP contribution in [-0.2, 0) is 67.3 Å². The van der Waals surface area contributed by atoms with Crippen LogP contribution in [0, 0.1) is 32.6 Å². The average Bonchev–Trinajstić information content (AvgIpc) is 3.61. The molecule has 2 aromatic rings. The number of fused-ring (bicyclic) bond motifs is 1. The molecule has 342 valence electrons. The number of carbonyl (C=O) groups excluding carboxylic acids is 6. The van der Waals surface area contributed by atoms with E-state index in [0.29, 0.717) is 47.6 Å². The van der Waals surface area contributed by atoms with Gasteiger partial charge in [-0.15, -0.1) is 0 Å². The number of esters is 6. The molecule has 0 spiro atoms. The van der Waals surface area contributed by atoms with E-state index in [1.165, 1.54) is 21.0 Å². The minimum Gasteiger partial charge on any atom is -0.496 e. The molecule has 1 aliphatic heterocycles. The lowest BCUT2D eigenvalue weighted by Gasteiger charge is -2.20. The predicted molar refractivity (Wildman–Crippen MR) is 230 cm³/mol. The van der Waals surface area contributed by atoms with Crippen LogP contribution in [0.4, 0.5) is 0 Å². The lowest BCUT2D eigenvalue weighted by molar-refractivity contribution is -0.166. The van der Waals surface area contributed by atoms with E-state index >= 15 is 0 Å². The van der Waals surface area contributed by atoms with E-state index in [1.54, 1.807) is 7.11 Å². The summed E-state index contributed by atoms with van der Waals surface area (Å²) in [5, 5.41) is 0. The first kappa shape index (κ1) is 51.0. The molecule has 1 aliphatic rings. The van der Waals surface area contributed by atoms with E-state index in [0.717, 1.165) is 71.9 Å². The summed E-state index contributed by atoms with van der Waals surface area (Å²) < 4.78 is 43.7. The molecule has 2 unspecified atom stereocenters. The summed E-state index contributed by atoms with van der Waals surface area (Å²) in [7, 11) is 2.95. The molecule has 0 fully saturated rings. The molecule has 2 atom stereocenters. The Kier molecular flexibility index (Phi) is 21.0. The third kappa shape index (κ3) is 16.1. The van der Waals surface area contributed by atoms with Crippen molar-refractivity contribution in [1.29, 1.82) is 0 Å². The topological polar surface area (TPSA) is 176 Å². The Balaban J connectivity index is 1.50. The van der Waals surface area contributed by atoms with Gasteiger partial charge >= 0.3 is 35.8 Å². The number of allylic oxidation sites excluding steroid dienone is 2. The summed E-state index contributed by atoms with van der Waals surface area (Å²) in [5.74, 6) is -1.16. The Hall–Kier alpha value is -5.40. The minimum absolute atomic E-state index is 0.0923. The summed E-state index contributed by atoms with van der Waals surface area (Å²) in [6.07, 6.45) is 8.88. The minimum atomic E-state index is -0.852. The van der Waals surface area contributed by atoms with Gasteiger partial charge < -0.3 is 37.9 Å². The van der Waals surface area contributed by atoms with Gasteiger partial charge in [-0.05, 0) is 87.3 Å². The van der Waals surface area contributed by atoms with Gasteiger partial charge in [-0.2, -0.15) is 0 Å². The van der Waals surface area contributed by atoms with Crippen LogP contribution >= 0.6 is 0 Å². The van der Waals surface area contributed by atoms with Crippen molar-refractivity contribution in [1.82, 2.24) is 0 Å². The number of cyclic esters (lactones) is 1. The average molecular weight is 867 g/mol. The standard InChI is InChI=1S/C48H66O14/c1-29(19-21-41(51)55-9)18-20-39-45(56-10)34(6)40-28-60-48(54)43(40)46(39)59-25-37-23-32(4)44(33(5)24-37)62-47(53)31(3)17-15-13-11-12-14-16-30(2)22-42(52)61-38(26-57-35(7)49)27-58-36(8)50/h18,23-24,30-31,38H,11-17,19-22,25-28H2,1-10H3/b29-18+. The smallest absolute Gasteiger partial charge is 0.342 e. The van der Waals surface area contributed by atoms with Crippen molar-refractivity contribution in [2.24, 2.45) is 11.8 Å². The molecule has 0 aliphatic carbocycles. The molecule has 3 rings (SSSR count). The lowest BCUT2D eigenvalue weighted by atomic mass is 9.94. The largest absolute Gasteiger partial charge is 0.496 e. The number of rotatable bonds is 26. The van der Waals surface area contributed by atoms with Gasteiger partial charge in [0.25, 0.3) is 0 Å². The molecule has 1 heterocycles. The van der Waals surface area contributed by atoms with E-state index in [-0.39, 0.29) is 63.0 Å². The molecule has 14 heteroatoms. The molecular formula is C48H66O14. The number of hydrogen-bond acceptors (Lipinski definition) is 14. The highest BCUT2D eigenvalue weighted by Gasteiger charge is 2.33. The molecule has 0 aromatic heterocycles. The van der Waals surface area contributed by atoms with Gasteiger partial charge in [-0.25, -0.2) is 4.79 Å². The van der Waals surface area contributed by atoms with Crippen molar-refractivity contribution < 1.29 is 66.7 Å². The van der Waals surface area contributed by atoms with Crippen LogP contribution in [0.3, 0.4) is 0 Å². The van der Waals surface area contributed by atoms with Crippen molar-refractivity contribution in [3.8, 4) is 17.2 Å². The Morgan fingerprint density at radius 1 is 0.790 bits per heavy atom. The van der Waals surface area contributed by atoms with Crippen molar-refractivity contribution in [2.45, 2.75) is 145 Å². The van der Waals surface area contributed by atoms with E-state index in [4.69, 9.17) is 37.9 Å². The molecule has 0 amide bonds. The summed E-state index contributed by atoms with van der Waals surface area (Å²) in [6, 6.07) is 3.83. The molecule has 0 radical (unpaired) electrons. The van der Waals surface area contributed by atoms with Crippen LogP contribution < -0.4 is 14.2 Å². The Morgan fingerprint density at radius 2 is 1.40 bits per heavy atom. The van der Waals surface area contributed by atoms with Gasteiger partial charge in [-0.3, -0.25) is 24.0 Å². The second-order valence-electron chi connectivity index (χ2n) is 16.3. The summed E-state index contributed by atoms with van der Waals surface area (Å²) in [4.78, 5) is 72.7. The van der Waals surface area contributed by atoms with Gasteiger partial charge in [0.1, 0.15) is 49.2 Å². The molecular weight excluding hydrogens is 801 g/mol. The normalized spacial score (nSPS) is 13.1. The monoisotopic (exact) mass is 866 g/mol. The number of benzene rings is 2. The quantitative estimate of drug-likeness (QED) is 0.0289. The van der Waals surface area contributed by atoms with Gasteiger partial charge in [0.2, 0.25) is 0 Å². The van der Waals surface area contributed by atoms with Crippen molar-refractivity contribution >= 4 is 35.8 Å². The third-order valence-corrected chi connectivity index (χ3v) is 10.8. The van der Waals surface area contributed by atoms with Crippen molar-refractivity contribution in [3.05, 3.63) is 62.7 Å². The van der Waals surface area contributed by atoms with E-state index in [9.17, 15) is 28.8 Å². The Morgan fingerprint density at radius 3 is 2.00 bits per heavy atom. The van der Waals surface area contributed by atoms with Crippen molar-refractivity contribution in [3.63, 3.8) is 0 Å². The van der Waals surface area contributed by atoms with Gasteiger partial charge in [0, 0.05) is 37.8 Å². The van der Waals surface area contributed by atoms with Crippen LogP contribution in [0.2, 0.25) is 0 Å². The molecule has 0 saturated carbocycles. The zero-order valence-corrected chi connectivity index (χ0v) is 38.3. The highest BCUT2D eigenvalue weighted by atomic mass is 16.6. The van der Waals surface area contributed by atoms with E-state index in [2.05, 4.69) is 0 Å². The second kappa shape index (κ2) is 25.5. The molecule has 2 aromatic carbocycles. The third-order valence-electron chi connectivity index (χ3n) is 10.8. The maximum absolute atomic E-state index is 13.2. The zero-order valence-electron chi connectivity index (χ0n) is 38.3. The van der Waals surface area contributed by atoms with E-state index in [1.807, 2.05) is 59.8 Å². The van der Waals surface area contributed by atoms with Crippen LogP contribution in [-0.4, -0.2) is 69.4 Å². The van der Waals surface area contributed by atoms with E-state index < -0.39 is 30.0 Å². The van der Waals surface area contributed by atoms with Gasteiger partial charge in [0.05, 0.1) is 20.1 Å². The molecule has 62 heavy (non-hydrogen) atoms. The fourth-order valence-electron chi connectivity index (χ4n) is 7.34. The number of carbonyl (C=O) groups is 6. The van der Waals surface area contributed by atoms with Crippen LogP contribution in [0.15, 0.2) is 23.8 Å². The molecule has 0 saturated heterocycles. The Labute approximate surface area is 366 Å². The van der Waals surface area contributed by atoms with Gasteiger partial charge in [0.15, 0.2) is 6.10 Å². The number of unbranched alkanes of at least 4 members (excludes halogenated alkanes) is 4. The second-order valence-corrected chi connectivity index (χ2v) is 16.3. The summed E-state index contributed by atoms with van der Waals surface area (Å²) >= 11 is 0. The number of hydrogen-bond donors (Lipinski definition) is 0. The van der Waals surface area contributed by atoms with Crippen LogP contribution in [0.1, 0.15) is 143 Å². The molecule has 0 bridgehead atoms. The predicted octanol–water partition coefficient (Wildman–Crippen LogP) is 8.65. The first-order valence-corrected chi connectivity index (χ1v) is 21.5. The maximum atomic E-state index is 13.2. The van der Waals surface area contributed by atoms with Crippen molar-refractivity contribution in [2.75, 3.05) is 27.4 Å². The highest BCUT2D eigenvalue weighted by Crippen LogP contribution is 2.43. The SMILES string of the molecule is COC(=O)CC/C(C)=C/Cc1c(OC)c(C)c2c(c1OCc1cc(C)c(OC(=O)C(C)CCCCCCCC(C)CC(=O)OC(COC(C)=O)COC(C)=O)c(C)c1)C(=O)OC2. The highest BCUT2D eigenvalue weighted by molar-refractivity contribution is 5.98. The molecule has 14 nitrogen and oxygen atoms in total. The molecule has 0 N–H and O–H groups in total. The Bertz CT molecular complexity index is 1890. The fraction of sp³-hybridized carbons (Fsp3) is 0.583. The van der Waals surface area contributed by atoms with Gasteiger partial charge in [-0.1, -0.05) is 64.0 Å². The lowest BCUT2D eigenvalue weighted by Crippen LogP contribution is -2.30. The first-order valence-electron chi connectivity index (χ1n) is 21.5. The van der Waals surface area contributed by atoms with Crippen LogP contribution in [0.5, 0.6) is 17.2 Å². The fourth-order valence-corrected chi connectivity index (χ4v) is 7.34. The zero-order chi connectivity index (χ0) is 45.9. The summed E-state index contributed by atoms with van der Waals surface area (Å²) in [5.41, 5.74) is 6.03. The summed E-state index contributed by atoms with van der Waals surface area (Å²) in [6.45, 7) is 13.9. The first-order chi connectivity index (χ1) is 29.4. The maximum Gasteiger partial charge on any atom is 0.342 e. The number of ether oxygens (including phenoxy) is 8.